The Morgan fingerprint density at radius 2 is 1.10 bits per heavy atom. The van der Waals surface area contributed by atoms with Gasteiger partial charge >= 0.3 is 200 Å². The predicted molar refractivity (Wildman–Crippen MR) is 135 cm³/mol. The van der Waals surface area contributed by atoms with E-state index in [-0.39, 0.29) is 20.9 Å². The first kappa shape index (κ1) is 24.1. The van der Waals surface area contributed by atoms with Crippen molar-refractivity contribution in [1.29, 1.82) is 0 Å². The summed E-state index contributed by atoms with van der Waals surface area (Å²) in [5, 5.41) is 0. The molecule has 0 atom stereocenters. The second-order valence-corrected chi connectivity index (χ2v) is 11.9. The normalized spacial score (nSPS) is 12.0. The van der Waals surface area contributed by atoms with Crippen molar-refractivity contribution in [1.82, 2.24) is 4.57 Å². The van der Waals surface area contributed by atoms with Crippen LogP contribution in [0, 0.1) is 0 Å². The molecule has 0 amide bonds. The number of imidazole rings is 1. The van der Waals surface area contributed by atoms with Crippen molar-refractivity contribution in [2.45, 2.75) is 84.0 Å². The fraction of sp³-hybridized carbons (Fsp3) is 0.464. The third-order valence-corrected chi connectivity index (χ3v) is 8.29. The van der Waals surface area contributed by atoms with Crippen LogP contribution in [0.3, 0.4) is 0 Å². The van der Waals surface area contributed by atoms with Crippen LogP contribution in [0.15, 0.2) is 48.8 Å². The molecule has 0 aliphatic heterocycles. The number of aromatic nitrogens is 2. The molecule has 3 heteroatoms. The molecule has 0 N–H and O–H groups in total. The summed E-state index contributed by atoms with van der Waals surface area (Å²) in [6.45, 7) is 18.5. The summed E-state index contributed by atoms with van der Waals surface area (Å²) in [6, 6.07) is 13.7. The minimum atomic E-state index is -0.357. The Balaban J connectivity index is 2.36. The first-order valence-electron chi connectivity index (χ1n) is 11.6. The zero-order chi connectivity index (χ0) is 22.9. The summed E-state index contributed by atoms with van der Waals surface area (Å²) < 4.78 is 6.51. The molecule has 3 aromatic rings. The number of hydrogen-bond acceptors (Lipinski definition) is 0. The SMILES string of the molecule is C[Te]c1n(-c2c(C(C)C)cccc2C(C)C)cc[n+]1-c1c(C(C)C)cccc1C(C)C. The molecular formula is C28H39N2Te+. The van der Waals surface area contributed by atoms with Crippen LogP contribution in [0.2, 0.25) is 4.97 Å². The van der Waals surface area contributed by atoms with Crippen LogP contribution in [-0.4, -0.2) is 25.5 Å². The van der Waals surface area contributed by atoms with Gasteiger partial charge in [0.15, 0.2) is 0 Å². The molecule has 0 bridgehead atoms. The molecule has 2 nitrogen and oxygen atoms in total. The summed E-state index contributed by atoms with van der Waals surface area (Å²) in [4.78, 5) is 2.41. The van der Waals surface area contributed by atoms with E-state index in [1.165, 1.54) is 37.5 Å². The van der Waals surface area contributed by atoms with Gasteiger partial charge in [-0.25, -0.2) is 0 Å². The quantitative estimate of drug-likeness (QED) is 0.239. The maximum atomic E-state index is 2.52. The maximum absolute atomic E-state index is 2.52. The van der Waals surface area contributed by atoms with E-state index < -0.39 is 0 Å². The summed E-state index contributed by atoms with van der Waals surface area (Å²) in [6.07, 6.45) is 4.63. The van der Waals surface area contributed by atoms with Crippen LogP contribution in [0.5, 0.6) is 0 Å². The Morgan fingerprint density at radius 3 is 1.48 bits per heavy atom. The van der Waals surface area contributed by atoms with Gasteiger partial charge in [0.2, 0.25) is 0 Å². The molecule has 0 aliphatic carbocycles. The van der Waals surface area contributed by atoms with E-state index in [9.17, 15) is 0 Å². The van der Waals surface area contributed by atoms with E-state index in [2.05, 4.69) is 118 Å². The molecule has 1 heterocycles. The van der Waals surface area contributed by atoms with Crippen LogP contribution in [-0.2, 0) is 0 Å². The number of nitrogens with zero attached hydrogens (tertiary/aromatic N) is 2. The van der Waals surface area contributed by atoms with Crippen LogP contribution in [0.25, 0.3) is 11.4 Å². The van der Waals surface area contributed by atoms with E-state index in [1.54, 1.807) is 0 Å². The van der Waals surface area contributed by atoms with Crippen molar-refractivity contribution < 1.29 is 4.57 Å². The van der Waals surface area contributed by atoms with Crippen molar-refractivity contribution in [3.05, 3.63) is 71.0 Å². The molecule has 3 rings (SSSR count). The summed E-state index contributed by atoms with van der Waals surface area (Å²) in [7, 11) is 0. The number of benzene rings is 2. The Labute approximate surface area is 199 Å². The molecular weight excluding hydrogens is 492 g/mol. The van der Waals surface area contributed by atoms with E-state index in [1.807, 2.05) is 0 Å². The second kappa shape index (κ2) is 9.93. The van der Waals surface area contributed by atoms with Crippen molar-refractivity contribution in [2.24, 2.45) is 0 Å². The van der Waals surface area contributed by atoms with Gasteiger partial charge in [0.05, 0.1) is 0 Å². The van der Waals surface area contributed by atoms with Gasteiger partial charge in [-0.3, -0.25) is 0 Å². The molecule has 0 fully saturated rings. The van der Waals surface area contributed by atoms with Gasteiger partial charge in [-0.2, -0.15) is 0 Å². The molecule has 0 saturated heterocycles. The van der Waals surface area contributed by atoms with Gasteiger partial charge in [-0.15, -0.1) is 0 Å². The average Bonchev–Trinajstić information content (AvgIpc) is 3.15. The van der Waals surface area contributed by atoms with Crippen molar-refractivity contribution in [3.8, 4) is 11.4 Å². The Hall–Kier alpha value is -1.56. The van der Waals surface area contributed by atoms with Gasteiger partial charge in [0.1, 0.15) is 0 Å². The van der Waals surface area contributed by atoms with Gasteiger partial charge in [0.25, 0.3) is 0 Å². The molecule has 166 valence electrons. The summed E-state index contributed by atoms with van der Waals surface area (Å²) in [5.41, 5.74) is 8.58. The molecule has 0 aliphatic rings. The summed E-state index contributed by atoms with van der Waals surface area (Å²) in [5.74, 6) is 1.96. The zero-order valence-electron chi connectivity index (χ0n) is 20.7. The van der Waals surface area contributed by atoms with Gasteiger partial charge in [-0.1, -0.05) is 0 Å². The summed E-state index contributed by atoms with van der Waals surface area (Å²) >= 11 is -0.357. The standard InChI is InChI=1S/C28H39N2Te/c1-18(2)22-12-10-13-23(19(3)4)26(22)29-16-17-30(28(29)31-9)27-24(20(5)6)14-11-15-25(27)21(7)8/h10-21H,1-9H3/q+1. The topological polar surface area (TPSA) is 8.81 Å². The van der Waals surface area contributed by atoms with Crippen LogP contribution >= 0.6 is 0 Å². The van der Waals surface area contributed by atoms with Gasteiger partial charge < -0.3 is 0 Å². The van der Waals surface area contributed by atoms with Crippen molar-refractivity contribution in [3.63, 3.8) is 0 Å². The first-order chi connectivity index (χ1) is 14.7. The van der Waals surface area contributed by atoms with Gasteiger partial charge in [0, 0.05) is 0 Å². The Morgan fingerprint density at radius 1 is 0.677 bits per heavy atom. The number of rotatable bonds is 7. The van der Waals surface area contributed by atoms with Crippen LogP contribution < -0.4 is 8.44 Å². The van der Waals surface area contributed by atoms with Gasteiger partial charge in [-0.05, 0) is 0 Å². The molecule has 1 aromatic heterocycles. The number of para-hydroxylation sites is 2. The molecule has 0 unspecified atom stereocenters. The monoisotopic (exact) mass is 533 g/mol. The fourth-order valence-electron chi connectivity index (χ4n) is 4.49. The van der Waals surface area contributed by atoms with E-state index in [4.69, 9.17) is 0 Å². The van der Waals surface area contributed by atoms with Crippen LogP contribution in [0.1, 0.15) is 101 Å². The second-order valence-electron chi connectivity index (χ2n) is 9.71. The number of hydrogen-bond donors (Lipinski definition) is 0. The molecule has 0 radical (unpaired) electrons. The average molecular weight is 531 g/mol. The zero-order valence-corrected chi connectivity index (χ0v) is 23.1. The Bertz CT molecular complexity index is 908. The van der Waals surface area contributed by atoms with Crippen molar-refractivity contribution >= 4 is 24.8 Å². The van der Waals surface area contributed by atoms with E-state index in [0.717, 1.165) is 0 Å². The van der Waals surface area contributed by atoms with Crippen LogP contribution in [0.4, 0.5) is 0 Å². The fourth-order valence-corrected chi connectivity index (χ4v) is 6.49. The third-order valence-electron chi connectivity index (χ3n) is 6.13. The molecule has 0 saturated carbocycles. The van der Waals surface area contributed by atoms with E-state index in [0.29, 0.717) is 23.7 Å². The molecule has 2 aromatic carbocycles. The molecule has 31 heavy (non-hydrogen) atoms. The van der Waals surface area contributed by atoms with E-state index >= 15 is 0 Å². The predicted octanol–water partition coefficient (Wildman–Crippen LogP) is 6.63. The van der Waals surface area contributed by atoms with Crippen molar-refractivity contribution in [2.75, 3.05) is 0 Å². The third kappa shape index (κ3) is 4.64. The first-order valence-corrected chi connectivity index (χ1v) is 15.1. The Kier molecular flexibility index (Phi) is 7.72. The minimum absolute atomic E-state index is 0.357. The molecule has 0 spiro atoms.